The van der Waals surface area contributed by atoms with E-state index in [2.05, 4.69) is 18.7 Å². The summed E-state index contributed by atoms with van der Waals surface area (Å²) in [5, 5.41) is 0.676. The number of benzene rings is 1. The van der Waals surface area contributed by atoms with E-state index in [1.165, 1.54) is 6.42 Å². The number of hydrogen-bond acceptors (Lipinski definition) is 2. The SMILES string of the molecule is CC1CCCN(c2c(Cl)cccc2C=O)C1C. The average Bonchev–Trinajstić information content (AvgIpc) is 2.33. The molecule has 92 valence electrons. The van der Waals surface area contributed by atoms with Crippen molar-refractivity contribution in [3.63, 3.8) is 0 Å². The lowest BCUT2D eigenvalue weighted by Gasteiger charge is -2.40. The smallest absolute Gasteiger partial charge is 0.152 e. The van der Waals surface area contributed by atoms with Gasteiger partial charge in [-0.15, -0.1) is 0 Å². The molecule has 2 rings (SSSR count). The van der Waals surface area contributed by atoms with Crippen LogP contribution in [0, 0.1) is 5.92 Å². The Labute approximate surface area is 108 Å². The van der Waals surface area contributed by atoms with Gasteiger partial charge in [-0.1, -0.05) is 24.6 Å². The Hall–Kier alpha value is -1.02. The molecule has 1 saturated heterocycles. The van der Waals surface area contributed by atoms with Crippen LogP contribution in [-0.4, -0.2) is 18.9 Å². The number of carbonyl (C=O) groups is 1. The van der Waals surface area contributed by atoms with Crippen LogP contribution in [0.1, 0.15) is 37.0 Å². The molecule has 0 N–H and O–H groups in total. The first-order valence-electron chi connectivity index (χ1n) is 6.15. The Morgan fingerprint density at radius 2 is 2.18 bits per heavy atom. The third kappa shape index (κ3) is 2.32. The lowest BCUT2D eigenvalue weighted by molar-refractivity contribution is 0.112. The molecule has 1 fully saturated rings. The van der Waals surface area contributed by atoms with Gasteiger partial charge in [0.05, 0.1) is 10.7 Å². The Bertz CT molecular complexity index is 419. The Kier molecular flexibility index (Phi) is 3.72. The molecule has 1 aliphatic heterocycles. The van der Waals surface area contributed by atoms with Crippen molar-refractivity contribution in [2.75, 3.05) is 11.4 Å². The highest BCUT2D eigenvalue weighted by Crippen LogP contribution is 2.35. The van der Waals surface area contributed by atoms with Gasteiger partial charge in [0.1, 0.15) is 0 Å². The number of nitrogens with zero attached hydrogens (tertiary/aromatic N) is 1. The highest BCUT2D eigenvalue weighted by Gasteiger charge is 2.27. The summed E-state index contributed by atoms with van der Waals surface area (Å²) < 4.78 is 0. The van der Waals surface area contributed by atoms with Crippen LogP contribution in [0.5, 0.6) is 0 Å². The summed E-state index contributed by atoms with van der Waals surface area (Å²) in [6, 6.07) is 5.95. The number of rotatable bonds is 2. The average molecular weight is 252 g/mol. The van der Waals surface area contributed by atoms with E-state index in [9.17, 15) is 4.79 Å². The Morgan fingerprint density at radius 3 is 2.88 bits per heavy atom. The number of carbonyl (C=O) groups excluding carboxylic acids is 1. The summed E-state index contributed by atoms with van der Waals surface area (Å²) >= 11 is 6.25. The molecule has 2 nitrogen and oxygen atoms in total. The van der Waals surface area contributed by atoms with Crippen LogP contribution in [0.2, 0.25) is 5.02 Å². The maximum absolute atomic E-state index is 11.1. The van der Waals surface area contributed by atoms with Gasteiger partial charge in [0.15, 0.2) is 6.29 Å². The number of piperidine rings is 1. The number of anilines is 1. The molecule has 0 amide bonds. The third-order valence-corrected chi connectivity index (χ3v) is 4.11. The largest absolute Gasteiger partial charge is 0.367 e. The van der Waals surface area contributed by atoms with Gasteiger partial charge in [-0.05, 0) is 37.8 Å². The van der Waals surface area contributed by atoms with Gasteiger partial charge >= 0.3 is 0 Å². The molecule has 1 aliphatic rings. The predicted molar refractivity (Wildman–Crippen MR) is 72.0 cm³/mol. The number of halogens is 1. The summed E-state index contributed by atoms with van der Waals surface area (Å²) in [4.78, 5) is 13.4. The predicted octanol–water partition coefficient (Wildman–Crippen LogP) is 3.78. The summed E-state index contributed by atoms with van der Waals surface area (Å²) in [5.74, 6) is 0.638. The molecule has 0 aliphatic carbocycles. The molecule has 1 heterocycles. The van der Waals surface area contributed by atoms with Crippen LogP contribution < -0.4 is 4.90 Å². The van der Waals surface area contributed by atoms with Crippen LogP contribution >= 0.6 is 11.6 Å². The van der Waals surface area contributed by atoms with Crippen molar-refractivity contribution in [1.29, 1.82) is 0 Å². The van der Waals surface area contributed by atoms with E-state index in [1.807, 2.05) is 18.2 Å². The van der Waals surface area contributed by atoms with E-state index in [4.69, 9.17) is 11.6 Å². The lowest BCUT2D eigenvalue weighted by atomic mass is 9.91. The number of hydrogen-bond donors (Lipinski definition) is 0. The zero-order chi connectivity index (χ0) is 12.4. The maximum Gasteiger partial charge on any atom is 0.152 e. The molecule has 1 aromatic carbocycles. The standard InChI is InChI=1S/C14H18ClNO/c1-10-5-4-8-16(11(10)2)14-12(9-17)6-3-7-13(14)15/h3,6-7,9-11H,4-5,8H2,1-2H3. The fourth-order valence-corrected chi connectivity index (χ4v) is 2.87. The van der Waals surface area contributed by atoms with E-state index in [1.54, 1.807) is 0 Å². The second kappa shape index (κ2) is 5.09. The van der Waals surface area contributed by atoms with Crippen molar-refractivity contribution in [2.45, 2.75) is 32.7 Å². The van der Waals surface area contributed by atoms with E-state index in [0.717, 1.165) is 24.9 Å². The van der Waals surface area contributed by atoms with Crippen molar-refractivity contribution in [3.8, 4) is 0 Å². The second-order valence-corrected chi connectivity index (χ2v) is 5.26. The lowest BCUT2D eigenvalue weighted by Crippen LogP contribution is -2.43. The van der Waals surface area contributed by atoms with Gasteiger partial charge < -0.3 is 4.90 Å². The summed E-state index contributed by atoms with van der Waals surface area (Å²) in [5.41, 5.74) is 1.60. The second-order valence-electron chi connectivity index (χ2n) is 4.85. The Balaban J connectivity index is 2.41. The zero-order valence-corrected chi connectivity index (χ0v) is 11.1. The quantitative estimate of drug-likeness (QED) is 0.746. The summed E-state index contributed by atoms with van der Waals surface area (Å²) in [7, 11) is 0. The fourth-order valence-electron chi connectivity index (χ4n) is 2.58. The van der Waals surface area contributed by atoms with Crippen molar-refractivity contribution in [2.24, 2.45) is 5.92 Å². The molecule has 0 aromatic heterocycles. The molecular formula is C14H18ClNO. The third-order valence-electron chi connectivity index (χ3n) is 3.81. The molecular weight excluding hydrogens is 234 g/mol. The van der Waals surface area contributed by atoms with Crippen molar-refractivity contribution in [1.82, 2.24) is 0 Å². The van der Waals surface area contributed by atoms with Crippen LogP contribution in [0.3, 0.4) is 0 Å². The van der Waals surface area contributed by atoms with Crippen LogP contribution in [-0.2, 0) is 0 Å². The Morgan fingerprint density at radius 1 is 1.41 bits per heavy atom. The molecule has 0 saturated carbocycles. The topological polar surface area (TPSA) is 20.3 Å². The van der Waals surface area contributed by atoms with E-state index < -0.39 is 0 Å². The maximum atomic E-state index is 11.1. The number of para-hydroxylation sites is 1. The zero-order valence-electron chi connectivity index (χ0n) is 10.3. The van der Waals surface area contributed by atoms with Crippen molar-refractivity contribution in [3.05, 3.63) is 28.8 Å². The first-order chi connectivity index (χ1) is 8.15. The number of aldehydes is 1. The fraction of sp³-hybridized carbons (Fsp3) is 0.500. The van der Waals surface area contributed by atoms with Gasteiger partial charge in [-0.25, -0.2) is 0 Å². The monoisotopic (exact) mass is 251 g/mol. The first-order valence-corrected chi connectivity index (χ1v) is 6.53. The van der Waals surface area contributed by atoms with Gasteiger partial charge in [-0.3, -0.25) is 4.79 Å². The summed E-state index contributed by atoms with van der Waals surface area (Å²) in [6.07, 6.45) is 3.31. The van der Waals surface area contributed by atoms with Crippen molar-refractivity contribution >= 4 is 23.6 Å². The minimum absolute atomic E-state index is 0.433. The highest BCUT2D eigenvalue weighted by atomic mass is 35.5. The molecule has 0 bridgehead atoms. The first kappa shape index (κ1) is 12.4. The molecule has 0 radical (unpaired) electrons. The van der Waals surface area contributed by atoms with Crippen molar-refractivity contribution < 1.29 is 4.79 Å². The molecule has 2 unspecified atom stereocenters. The van der Waals surface area contributed by atoms with Gasteiger partial charge in [0, 0.05) is 18.2 Å². The molecule has 0 spiro atoms. The van der Waals surface area contributed by atoms with E-state index >= 15 is 0 Å². The van der Waals surface area contributed by atoms with Gasteiger partial charge in [0.2, 0.25) is 0 Å². The van der Waals surface area contributed by atoms with E-state index in [0.29, 0.717) is 22.5 Å². The minimum atomic E-state index is 0.433. The normalized spacial score (nSPS) is 24.8. The van der Waals surface area contributed by atoms with Gasteiger partial charge in [-0.2, -0.15) is 0 Å². The highest BCUT2D eigenvalue weighted by molar-refractivity contribution is 6.34. The van der Waals surface area contributed by atoms with Gasteiger partial charge in [0.25, 0.3) is 0 Å². The summed E-state index contributed by atoms with van der Waals surface area (Å²) in [6.45, 7) is 5.45. The van der Waals surface area contributed by atoms with E-state index in [-0.39, 0.29) is 0 Å². The minimum Gasteiger partial charge on any atom is -0.367 e. The molecule has 1 aromatic rings. The molecule has 17 heavy (non-hydrogen) atoms. The molecule has 2 atom stereocenters. The van der Waals surface area contributed by atoms with Crippen LogP contribution in [0.4, 0.5) is 5.69 Å². The molecule has 3 heteroatoms. The van der Waals surface area contributed by atoms with Crippen LogP contribution in [0.15, 0.2) is 18.2 Å². The van der Waals surface area contributed by atoms with Crippen LogP contribution in [0.25, 0.3) is 0 Å².